The molecule has 0 fully saturated rings. The van der Waals surface area contributed by atoms with Crippen LogP contribution in [0.4, 0.5) is 5.13 Å². The van der Waals surface area contributed by atoms with E-state index in [4.69, 9.17) is 4.74 Å². The molecule has 0 atom stereocenters. The van der Waals surface area contributed by atoms with Crippen LogP contribution in [0.1, 0.15) is 30.4 Å². The van der Waals surface area contributed by atoms with Gasteiger partial charge in [0.2, 0.25) is 0 Å². The van der Waals surface area contributed by atoms with Crippen molar-refractivity contribution in [3.8, 4) is 11.4 Å². The third-order valence-corrected chi connectivity index (χ3v) is 3.77. The van der Waals surface area contributed by atoms with Crippen LogP contribution >= 0.6 is 11.3 Å². The number of nitrogens with zero attached hydrogens (tertiary/aromatic N) is 3. The number of carbonyl (C=O) groups is 1. The molecule has 25 heavy (non-hydrogen) atoms. The number of hydrogen-bond donors (Lipinski definition) is 1. The molecule has 2 aromatic rings. The van der Waals surface area contributed by atoms with E-state index in [1.54, 1.807) is 44.5 Å². The molecule has 0 unspecified atom stereocenters. The highest BCUT2D eigenvalue weighted by Gasteiger charge is 2.22. The van der Waals surface area contributed by atoms with Crippen molar-refractivity contribution in [2.45, 2.75) is 26.9 Å². The summed E-state index contributed by atoms with van der Waals surface area (Å²) in [6.07, 6.45) is 6.71. The number of aliphatic imine (C=N–C) groups is 1. The Bertz CT molecular complexity index is 795. The van der Waals surface area contributed by atoms with E-state index in [1.165, 1.54) is 11.3 Å². The highest BCUT2D eigenvalue weighted by molar-refractivity contribution is 7.17. The molecule has 2 rings (SSSR count). The lowest BCUT2D eigenvalue weighted by atomic mass is 10.2. The van der Waals surface area contributed by atoms with Crippen molar-refractivity contribution in [2.75, 3.05) is 5.32 Å². The van der Waals surface area contributed by atoms with Gasteiger partial charge in [-0.3, -0.25) is 4.98 Å². The predicted molar refractivity (Wildman–Crippen MR) is 102 cm³/mol. The number of rotatable bonds is 7. The second kappa shape index (κ2) is 8.89. The molecule has 0 saturated carbocycles. The van der Waals surface area contributed by atoms with E-state index in [9.17, 15) is 4.79 Å². The molecule has 0 aromatic carbocycles. The maximum absolute atomic E-state index is 12.4. The maximum atomic E-state index is 12.4. The van der Waals surface area contributed by atoms with Gasteiger partial charge in [-0.25, -0.2) is 14.8 Å². The molecule has 0 spiro atoms. The fourth-order valence-corrected chi connectivity index (χ4v) is 2.71. The van der Waals surface area contributed by atoms with Crippen molar-refractivity contribution in [1.29, 1.82) is 0 Å². The minimum absolute atomic E-state index is 0.219. The maximum Gasteiger partial charge on any atom is 0.351 e. The van der Waals surface area contributed by atoms with Crippen LogP contribution in [0.2, 0.25) is 0 Å². The predicted octanol–water partition coefficient (Wildman–Crippen LogP) is 4.30. The first-order valence-electron chi connectivity index (χ1n) is 7.75. The Morgan fingerprint density at radius 3 is 2.88 bits per heavy atom. The van der Waals surface area contributed by atoms with Crippen LogP contribution in [0.25, 0.3) is 11.4 Å². The molecule has 0 aliphatic rings. The molecule has 130 valence electrons. The number of pyridine rings is 1. The standard InChI is InChI=1S/C18H20N4O2S/c1-5-6-10-19-13(4)21-18-22-15(14-9-7-8-11-20-14)16(25-18)17(23)24-12(2)3/h5-12H,4H2,1-3H3,(H,21,22)/b6-5-,19-10-. The number of allylic oxidation sites excluding steroid dienone is 2. The fourth-order valence-electron chi connectivity index (χ4n) is 1.83. The van der Waals surface area contributed by atoms with Gasteiger partial charge in [0.1, 0.15) is 16.4 Å². The molecular formula is C18H20N4O2S. The summed E-state index contributed by atoms with van der Waals surface area (Å²) < 4.78 is 5.31. The summed E-state index contributed by atoms with van der Waals surface area (Å²) in [4.78, 5) is 25.7. The molecule has 6 nitrogen and oxygen atoms in total. The van der Waals surface area contributed by atoms with E-state index in [-0.39, 0.29) is 6.10 Å². The molecule has 0 radical (unpaired) electrons. The van der Waals surface area contributed by atoms with Crippen molar-refractivity contribution in [2.24, 2.45) is 4.99 Å². The Morgan fingerprint density at radius 2 is 2.24 bits per heavy atom. The van der Waals surface area contributed by atoms with Crippen LogP contribution in [0, 0.1) is 0 Å². The third kappa shape index (κ3) is 5.36. The molecule has 2 aromatic heterocycles. The lowest BCUT2D eigenvalue weighted by Crippen LogP contribution is -2.11. The van der Waals surface area contributed by atoms with Crippen molar-refractivity contribution >= 4 is 28.7 Å². The monoisotopic (exact) mass is 356 g/mol. The number of nitrogens with one attached hydrogen (secondary N) is 1. The van der Waals surface area contributed by atoms with Gasteiger partial charge in [0.15, 0.2) is 5.13 Å². The second-order valence-electron chi connectivity index (χ2n) is 5.24. The summed E-state index contributed by atoms with van der Waals surface area (Å²) in [6, 6.07) is 5.44. The molecule has 0 bridgehead atoms. The van der Waals surface area contributed by atoms with Crippen LogP contribution < -0.4 is 5.32 Å². The molecule has 1 N–H and O–H groups in total. The van der Waals surface area contributed by atoms with Crippen LogP contribution in [0.5, 0.6) is 0 Å². The van der Waals surface area contributed by atoms with Crippen LogP contribution in [-0.2, 0) is 4.74 Å². The minimum Gasteiger partial charge on any atom is -0.459 e. The van der Waals surface area contributed by atoms with Gasteiger partial charge in [-0.2, -0.15) is 0 Å². The van der Waals surface area contributed by atoms with E-state index in [0.29, 0.717) is 27.2 Å². The lowest BCUT2D eigenvalue weighted by molar-refractivity contribution is 0.0384. The quantitative estimate of drug-likeness (QED) is 0.591. The molecule has 2 heterocycles. The van der Waals surface area contributed by atoms with Crippen LogP contribution in [0.15, 0.2) is 53.9 Å². The van der Waals surface area contributed by atoms with Gasteiger partial charge in [-0.15, -0.1) is 0 Å². The smallest absolute Gasteiger partial charge is 0.351 e. The van der Waals surface area contributed by atoms with Crippen LogP contribution in [0.3, 0.4) is 0 Å². The normalized spacial score (nSPS) is 11.4. The zero-order valence-corrected chi connectivity index (χ0v) is 15.2. The molecule has 0 aliphatic carbocycles. The second-order valence-corrected chi connectivity index (χ2v) is 6.24. The van der Waals surface area contributed by atoms with Crippen LogP contribution in [-0.4, -0.2) is 28.3 Å². The molecule has 0 saturated heterocycles. The fraction of sp³-hybridized carbons (Fsp3) is 0.222. The van der Waals surface area contributed by atoms with E-state index >= 15 is 0 Å². The van der Waals surface area contributed by atoms with Crippen molar-refractivity contribution < 1.29 is 9.53 Å². The number of anilines is 1. The first kappa shape index (κ1) is 18.5. The molecule has 0 aliphatic heterocycles. The number of aromatic nitrogens is 2. The Morgan fingerprint density at radius 1 is 1.44 bits per heavy atom. The highest BCUT2D eigenvalue weighted by Crippen LogP contribution is 2.31. The summed E-state index contributed by atoms with van der Waals surface area (Å²) in [5.74, 6) is -0.00701. The SMILES string of the molecule is C=C(/N=C\C=C/C)Nc1nc(-c2ccccn2)c(C(=O)OC(C)C)s1. The first-order valence-corrected chi connectivity index (χ1v) is 8.57. The highest BCUT2D eigenvalue weighted by atomic mass is 32.1. The summed E-state index contributed by atoms with van der Waals surface area (Å²) in [6.45, 7) is 9.32. The Balaban J connectivity index is 2.32. The zero-order valence-electron chi connectivity index (χ0n) is 14.4. The van der Waals surface area contributed by atoms with Gasteiger partial charge >= 0.3 is 5.97 Å². The van der Waals surface area contributed by atoms with Gasteiger partial charge in [-0.1, -0.05) is 30.1 Å². The van der Waals surface area contributed by atoms with E-state index in [0.717, 1.165) is 0 Å². The van der Waals surface area contributed by atoms with Gasteiger partial charge in [0, 0.05) is 12.4 Å². The third-order valence-electron chi connectivity index (χ3n) is 2.82. The van der Waals surface area contributed by atoms with E-state index < -0.39 is 5.97 Å². The first-order chi connectivity index (χ1) is 12.0. The summed E-state index contributed by atoms with van der Waals surface area (Å²) in [5, 5.41) is 3.48. The molecule has 7 heteroatoms. The molecule has 0 amide bonds. The van der Waals surface area contributed by atoms with Gasteiger partial charge in [0.05, 0.1) is 11.8 Å². The van der Waals surface area contributed by atoms with Crippen molar-refractivity contribution in [1.82, 2.24) is 9.97 Å². The summed E-state index contributed by atoms with van der Waals surface area (Å²) >= 11 is 1.18. The number of esters is 1. The Hall–Kier alpha value is -2.80. The van der Waals surface area contributed by atoms with Crippen molar-refractivity contribution in [3.05, 3.63) is 53.8 Å². The van der Waals surface area contributed by atoms with E-state index in [1.807, 2.05) is 19.1 Å². The number of ether oxygens (including phenoxy) is 1. The van der Waals surface area contributed by atoms with Gasteiger partial charge in [0.25, 0.3) is 0 Å². The van der Waals surface area contributed by atoms with Crippen molar-refractivity contribution in [3.63, 3.8) is 0 Å². The average Bonchev–Trinajstić information content (AvgIpc) is 2.99. The topological polar surface area (TPSA) is 76.5 Å². The summed E-state index contributed by atoms with van der Waals surface area (Å²) in [5.41, 5.74) is 1.08. The lowest BCUT2D eigenvalue weighted by Gasteiger charge is -2.07. The minimum atomic E-state index is -0.427. The van der Waals surface area contributed by atoms with Gasteiger partial charge in [-0.05, 0) is 39.0 Å². The zero-order chi connectivity index (χ0) is 18.2. The number of carbonyl (C=O) groups excluding carboxylic acids is 1. The number of hydrogen-bond acceptors (Lipinski definition) is 7. The molecular weight excluding hydrogens is 336 g/mol. The average molecular weight is 356 g/mol. The van der Waals surface area contributed by atoms with E-state index in [2.05, 4.69) is 26.9 Å². The number of thiazole rings is 1. The van der Waals surface area contributed by atoms with Gasteiger partial charge < -0.3 is 10.1 Å². The Labute approximate surface area is 151 Å². The summed E-state index contributed by atoms with van der Waals surface area (Å²) in [7, 11) is 0. The largest absolute Gasteiger partial charge is 0.459 e. The Kier molecular flexibility index (Phi) is 6.59.